The summed E-state index contributed by atoms with van der Waals surface area (Å²) >= 11 is 3.49. The average molecular weight is 474 g/mol. The number of benzene rings is 1. The second kappa shape index (κ2) is 10.1. The molecule has 4 rings (SSSR count). The maximum atomic E-state index is 5.41. The van der Waals surface area contributed by atoms with Gasteiger partial charge in [-0.05, 0) is 56.7 Å². The van der Waals surface area contributed by atoms with Gasteiger partial charge in [-0.25, -0.2) is 5.43 Å². The first-order valence-electron chi connectivity index (χ1n) is 10.6. The molecule has 0 radical (unpaired) electrons. The van der Waals surface area contributed by atoms with E-state index in [1.165, 1.54) is 38.5 Å². The first kappa shape index (κ1) is 20.8. The first-order chi connectivity index (χ1) is 14.7. The van der Waals surface area contributed by atoms with Crippen LogP contribution in [0.15, 0.2) is 27.8 Å². The SMILES string of the molecule is COc1ccc(Br)cc1/C=N/Nc1nc(N2CCCCC2)nc(N2CCCCC2)n1. The van der Waals surface area contributed by atoms with Gasteiger partial charge in [0.2, 0.25) is 17.8 Å². The van der Waals surface area contributed by atoms with E-state index in [0.717, 1.165) is 53.9 Å². The van der Waals surface area contributed by atoms with Crippen LogP contribution in [-0.2, 0) is 0 Å². The molecule has 1 aromatic heterocycles. The molecule has 0 unspecified atom stereocenters. The number of hydrazone groups is 1. The molecule has 0 spiro atoms. The number of hydrogen-bond donors (Lipinski definition) is 1. The predicted molar refractivity (Wildman–Crippen MR) is 124 cm³/mol. The predicted octanol–water partition coefficient (Wildman–Crippen LogP) is 4.07. The topological polar surface area (TPSA) is 78.8 Å². The average Bonchev–Trinajstić information content (AvgIpc) is 2.80. The fraction of sp³-hybridized carbons (Fsp3) is 0.524. The number of aromatic nitrogens is 3. The summed E-state index contributed by atoms with van der Waals surface area (Å²) in [5, 5.41) is 4.37. The maximum Gasteiger partial charge on any atom is 0.250 e. The number of halogens is 1. The standard InChI is InChI=1S/C21H28BrN7O/c1-30-18-9-8-17(22)14-16(18)15-23-27-19-24-20(28-10-4-2-5-11-28)26-21(25-19)29-12-6-3-7-13-29/h8-9,14-15H,2-7,10-13H2,1H3,(H,24,25,26,27)/b23-15+. The molecule has 0 atom stereocenters. The van der Waals surface area contributed by atoms with E-state index in [1.807, 2.05) is 18.2 Å². The normalized spacial score (nSPS) is 17.4. The fourth-order valence-corrected chi connectivity index (χ4v) is 4.22. The number of ether oxygens (including phenoxy) is 1. The zero-order chi connectivity index (χ0) is 20.8. The Labute approximate surface area is 185 Å². The molecular weight excluding hydrogens is 446 g/mol. The molecule has 3 heterocycles. The van der Waals surface area contributed by atoms with E-state index in [2.05, 4.69) is 46.2 Å². The molecule has 1 aromatic carbocycles. The number of hydrogen-bond acceptors (Lipinski definition) is 8. The molecule has 30 heavy (non-hydrogen) atoms. The number of nitrogens with one attached hydrogen (secondary N) is 1. The number of nitrogens with zero attached hydrogens (tertiary/aromatic N) is 6. The largest absolute Gasteiger partial charge is 0.496 e. The monoisotopic (exact) mass is 473 g/mol. The Bertz CT molecular complexity index is 843. The minimum atomic E-state index is 0.469. The van der Waals surface area contributed by atoms with E-state index in [9.17, 15) is 0 Å². The van der Waals surface area contributed by atoms with E-state index >= 15 is 0 Å². The molecule has 2 aliphatic rings. The van der Waals surface area contributed by atoms with Gasteiger partial charge in [0.25, 0.3) is 0 Å². The van der Waals surface area contributed by atoms with Crippen LogP contribution in [-0.4, -0.2) is 54.5 Å². The first-order valence-corrected chi connectivity index (χ1v) is 11.4. The van der Waals surface area contributed by atoms with Gasteiger partial charge in [0, 0.05) is 36.2 Å². The van der Waals surface area contributed by atoms with Crippen LogP contribution < -0.4 is 20.0 Å². The number of anilines is 3. The second-order valence-corrected chi connectivity index (χ2v) is 8.53. The van der Waals surface area contributed by atoms with Crippen molar-refractivity contribution in [1.29, 1.82) is 0 Å². The smallest absolute Gasteiger partial charge is 0.250 e. The van der Waals surface area contributed by atoms with Crippen molar-refractivity contribution in [3.05, 3.63) is 28.2 Å². The minimum absolute atomic E-state index is 0.469. The van der Waals surface area contributed by atoms with Crippen molar-refractivity contribution in [2.24, 2.45) is 5.10 Å². The lowest BCUT2D eigenvalue weighted by molar-refractivity contribution is 0.414. The molecule has 2 aliphatic heterocycles. The second-order valence-electron chi connectivity index (χ2n) is 7.61. The van der Waals surface area contributed by atoms with Crippen molar-refractivity contribution in [3.63, 3.8) is 0 Å². The van der Waals surface area contributed by atoms with Gasteiger partial charge in [-0.2, -0.15) is 20.1 Å². The number of piperidine rings is 2. The molecule has 0 saturated carbocycles. The summed E-state index contributed by atoms with van der Waals surface area (Å²) < 4.78 is 6.37. The Hall–Kier alpha value is -2.42. The van der Waals surface area contributed by atoms with E-state index in [1.54, 1.807) is 13.3 Å². The van der Waals surface area contributed by atoms with Crippen molar-refractivity contribution in [3.8, 4) is 5.75 Å². The Morgan fingerprint density at radius 3 is 2.10 bits per heavy atom. The summed E-state index contributed by atoms with van der Waals surface area (Å²) in [5.74, 6) is 2.70. The highest BCUT2D eigenvalue weighted by atomic mass is 79.9. The summed E-state index contributed by atoms with van der Waals surface area (Å²) in [4.78, 5) is 18.6. The highest BCUT2D eigenvalue weighted by molar-refractivity contribution is 9.10. The van der Waals surface area contributed by atoms with E-state index in [4.69, 9.17) is 9.72 Å². The van der Waals surface area contributed by atoms with Crippen molar-refractivity contribution < 1.29 is 4.74 Å². The molecule has 0 aliphatic carbocycles. The summed E-state index contributed by atoms with van der Waals surface area (Å²) in [5.41, 5.74) is 3.87. The molecule has 2 aromatic rings. The van der Waals surface area contributed by atoms with Crippen molar-refractivity contribution >= 4 is 40.0 Å². The van der Waals surface area contributed by atoms with Crippen LogP contribution in [0, 0.1) is 0 Å². The maximum absolute atomic E-state index is 5.41. The molecular formula is C21H28BrN7O. The van der Waals surface area contributed by atoms with Crippen LogP contribution in [0.2, 0.25) is 0 Å². The zero-order valence-electron chi connectivity index (χ0n) is 17.3. The lowest BCUT2D eigenvalue weighted by atomic mass is 10.1. The summed E-state index contributed by atoms with van der Waals surface area (Å²) in [7, 11) is 1.65. The van der Waals surface area contributed by atoms with Crippen molar-refractivity contribution in [2.75, 3.05) is 48.5 Å². The van der Waals surface area contributed by atoms with Crippen LogP contribution in [0.1, 0.15) is 44.1 Å². The number of rotatable bonds is 6. The van der Waals surface area contributed by atoms with E-state index < -0.39 is 0 Å². The van der Waals surface area contributed by atoms with Gasteiger partial charge in [0.05, 0.1) is 13.3 Å². The third kappa shape index (κ3) is 5.19. The van der Waals surface area contributed by atoms with Gasteiger partial charge in [0.1, 0.15) is 5.75 Å². The highest BCUT2D eigenvalue weighted by Crippen LogP contribution is 2.23. The van der Waals surface area contributed by atoms with Gasteiger partial charge in [-0.1, -0.05) is 15.9 Å². The third-order valence-corrected chi connectivity index (χ3v) is 5.94. The third-order valence-electron chi connectivity index (χ3n) is 5.45. The van der Waals surface area contributed by atoms with Gasteiger partial charge in [0.15, 0.2) is 0 Å². The molecule has 2 saturated heterocycles. The van der Waals surface area contributed by atoms with Gasteiger partial charge in [-0.15, -0.1) is 0 Å². The fourth-order valence-electron chi connectivity index (χ4n) is 3.84. The molecule has 1 N–H and O–H groups in total. The van der Waals surface area contributed by atoms with Crippen LogP contribution >= 0.6 is 15.9 Å². The van der Waals surface area contributed by atoms with Crippen LogP contribution in [0.4, 0.5) is 17.8 Å². The van der Waals surface area contributed by atoms with E-state index in [0.29, 0.717) is 5.95 Å². The summed E-state index contributed by atoms with van der Waals surface area (Å²) in [6.45, 7) is 3.95. The molecule has 8 nitrogen and oxygen atoms in total. The molecule has 0 amide bonds. The van der Waals surface area contributed by atoms with Gasteiger partial charge in [-0.3, -0.25) is 0 Å². The molecule has 160 valence electrons. The van der Waals surface area contributed by atoms with Crippen molar-refractivity contribution in [2.45, 2.75) is 38.5 Å². The Morgan fingerprint density at radius 2 is 1.53 bits per heavy atom. The van der Waals surface area contributed by atoms with Crippen LogP contribution in [0.5, 0.6) is 5.75 Å². The highest BCUT2D eigenvalue weighted by Gasteiger charge is 2.20. The number of methoxy groups -OCH3 is 1. The van der Waals surface area contributed by atoms with Crippen LogP contribution in [0.25, 0.3) is 0 Å². The zero-order valence-corrected chi connectivity index (χ0v) is 18.9. The lowest BCUT2D eigenvalue weighted by Gasteiger charge is -2.30. The van der Waals surface area contributed by atoms with Gasteiger partial charge < -0.3 is 14.5 Å². The Kier molecular flexibility index (Phi) is 6.99. The van der Waals surface area contributed by atoms with Crippen LogP contribution in [0.3, 0.4) is 0 Å². The minimum Gasteiger partial charge on any atom is -0.496 e. The Balaban J connectivity index is 1.57. The Morgan fingerprint density at radius 1 is 0.933 bits per heavy atom. The molecule has 9 heteroatoms. The molecule has 0 bridgehead atoms. The lowest BCUT2D eigenvalue weighted by Crippen LogP contribution is -2.34. The summed E-state index contributed by atoms with van der Waals surface area (Å²) in [6, 6.07) is 5.79. The van der Waals surface area contributed by atoms with Crippen molar-refractivity contribution in [1.82, 2.24) is 15.0 Å². The van der Waals surface area contributed by atoms with Gasteiger partial charge >= 0.3 is 0 Å². The molecule has 2 fully saturated rings. The quantitative estimate of drug-likeness (QED) is 0.500. The summed E-state index contributed by atoms with van der Waals surface area (Å²) in [6.07, 6.45) is 8.95. The van der Waals surface area contributed by atoms with E-state index in [-0.39, 0.29) is 0 Å².